The van der Waals surface area contributed by atoms with Crippen LogP contribution in [0.5, 0.6) is 17.2 Å². The molecule has 0 spiro atoms. The summed E-state index contributed by atoms with van der Waals surface area (Å²) >= 11 is 0. The van der Waals surface area contributed by atoms with Crippen molar-refractivity contribution >= 4 is 39.5 Å². The number of rotatable bonds is 21. The van der Waals surface area contributed by atoms with Crippen molar-refractivity contribution in [2.24, 2.45) is 0 Å². The molecule has 6 aromatic rings. The molecule has 0 aliphatic rings. The monoisotopic (exact) mass is 774 g/mol. The van der Waals surface area contributed by atoms with Crippen molar-refractivity contribution in [2.75, 3.05) is 53.4 Å². The second-order valence-electron chi connectivity index (χ2n) is 12.4. The highest BCUT2D eigenvalue weighted by atomic mass is 16.7. The average molecular weight is 775 g/mol. The van der Waals surface area contributed by atoms with E-state index in [4.69, 9.17) is 42.6 Å². The Morgan fingerprint density at radius 1 is 0.456 bits per heavy atom. The fourth-order valence-electron chi connectivity index (χ4n) is 5.65. The number of ether oxygens (including phenoxy) is 9. The molecule has 6 rings (SSSR count). The molecule has 0 bridgehead atoms. The van der Waals surface area contributed by atoms with Crippen molar-refractivity contribution < 1.29 is 57.0 Å². The van der Waals surface area contributed by atoms with Crippen LogP contribution in [0.25, 0.3) is 21.5 Å². The summed E-state index contributed by atoms with van der Waals surface area (Å²) in [6.45, 7) is 2.04. The van der Waals surface area contributed by atoms with E-state index in [1.165, 1.54) is 0 Å². The Bertz CT molecular complexity index is 2230. The van der Waals surface area contributed by atoms with Gasteiger partial charge in [-0.1, -0.05) is 84.9 Å². The molecular weight excluding hydrogens is 732 g/mol. The number of hydrogen-bond donors (Lipinski definition) is 0. The first-order chi connectivity index (χ1) is 28.0. The lowest BCUT2D eigenvalue weighted by molar-refractivity contribution is -0.0538. The molecule has 0 radical (unpaired) electrons. The predicted molar refractivity (Wildman–Crippen MR) is 211 cm³/mol. The highest BCUT2D eigenvalue weighted by molar-refractivity contribution is 6.07. The van der Waals surface area contributed by atoms with Crippen molar-refractivity contribution in [1.82, 2.24) is 0 Å². The summed E-state index contributed by atoms with van der Waals surface area (Å²) in [5.41, 5.74) is 1.22. The molecule has 57 heavy (non-hydrogen) atoms. The third kappa shape index (κ3) is 11.5. The Morgan fingerprint density at radius 3 is 1.53 bits per heavy atom. The molecule has 0 saturated heterocycles. The maximum absolute atomic E-state index is 13.2. The molecule has 0 fully saturated rings. The number of esters is 3. The minimum absolute atomic E-state index is 0.0227. The Morgan fingerprint density at radius 2 is 0.930 bits per heavy atom. The van der Waals surface area contributed by atoms with Gasteiger partial charge in [-0.25, -0.2) is 14.4 Å². The van der Waals surface area contributed by atoms with Crippen LogP contribution in [0, 0.1) is 0 Å². The lowest BCUT2D eigenvalue weighted by atomic mass is 10.0. The van der Waals surface area contributed by atoms with Gasteiger partial charge in [0.1, 0.15) is 37.1 Å². The van der Waals surface area contributed by atoms with Crippen molar-refractivity contribution in [1.29, 1.82) is 0 Å². The Hall–Kier alpha value is -6.47. The van der Waals surface area contributed by atoms with E-state index >= 15 is 0 Å². The summed E-state index contributed by atoms with van der Waals surface area (Å²) in [6.07, 6.45) is -0.493. The molecule has 0 aliphatic heterocycles. The van der Waals surface area contributed by atoms with Crippen LogP contribution in [0.1, 0.15) is 38.0 Å². The van der Waals surface area contributed by atoms with Crippen LogP contribution < -0.4 is 14.2 Å². The molecule has 294 valence electrons. The maximum Gasteiger partial charge on any atom is 0.338 e. The Labute approximate surface area is 329 Å². The van der Waals surface area contributed by atoms with Crippen LogP contribution in [-0.4, -0.2) is 77.4 Å². The molecule has 0 aromatic heterocycles. The first-order valence-electron chi connectivity index (χ1n) is 18.3. The zero-order valence-electron chi connectivity index (χ0n) is 31.3. The topological polar surface area (TPSA) is 134 Å². The van der Waals surface area contributed by atoms with Gasteiger partial charge in [-0.2, -0.15) is 0 Å². The smallest absolute Gasteiger partial charge is 0.338 e. The summed E-state index contributed by atoms with van der Waals surface area (Å²) in [5.74, 6) is 0.282. The quantitative estimate of drug-likeness (QED) is 0.0304. The summed E-state index contributed by atoms with van der Waals surface area (Å²) in [6, 6.07) is 39.3. The number of carbonyl (C=O) groups excluding carboxylic acids is 3. The normalized spacial score (nSPS) is 11.5. The van der Waals surface area contributed by atoms with Crippen molar-refractivity contribution in [3.63, 3.8) is 0 Å². The van der Waals surface area contributed by atoms with E-state index in [0.717, 1.165) is 0 Å². The number of carbonyl (C=O) groups is 3. The molecule has 1 unspecified atom stereocenters. The van der Waals surface area contributed by atoms with Gasteiger partial charge in [-0.15, -0.1) is 0 Å². The highest BCUT2D eigenvalue weighted by Gasteiger charge is 2.18. The van der Waals surface area contributed by atoms with E-state index in [0.29, 0.717) is 55.5 Å². The lowest BCUT2D eigenvalue weighted by Crippen LogP contribution is -2.21. The van der Waals surface area contributed by atoms with Crippen LogP contribution in [0.2, 0.25) is 0 Å². The van der Waals surface area contributed by atoms with Gasteiger partial charge in [0, 0.05) is 10.8 Å². The molecule has 0 aliphatic carbocycles. The summed E-state index contributed by atoms with van der Waals surface area (Å²) in [5, 5.41) is 2.72. The Balaban J connectivity index is 0.927. The Kier molecular flexibility index (Phi) is 14.8. The SMILES string of the molecule is CC(COC(=O)c1ccc(OCOCCOC(=O)c2ccccc2)c2ccccc12)OCOc1ccc(C(=O)OCCOCOc2ccccc2)c2ccccc12. The predicted octanol–water partition coefficient (Wildman–Crippen LogP) is 8.01. The number of para-hydroxylation sites is 1. The minimum Gasteiger partial charge on any atom is -0.468 e. The van der Waals surface area contributed by atoms with Gasteiger partial charge >= 0.3 is 17.9 Å². The highest BCUT2D eigenvalue weighted by Crippen LogP contribution is 2.30. The largest absolute Gasteiger partial charge is 0.468 e. The van der Waals surface area contributed by atoms with Crippen molar-refractivity contribution in [3.05, 3.63) is 150 Å². The average Bonchev–Trinajstić information content (AvgIpc) is 3.25. The third-order valence-corrected chi connectivity index (χ3v) is 8.51. The van der Waals surface area contributed by atoms with Gasteiger partial charge in [-0.05, 0) is 66.2 Å². The number of hydrogen-bond acceptors (Lipinski definition) is 12. The first-order valence-corrected chi connectivity index (χ1v) is 18.3. The summed E-state index contributed by atoms with van der Waals surface area (Å²) in [7, 11) is 0. The van der Waals surface area contributed by atoms with Crippen LogP contribution in [-0.2, 0) is 28.4 Å². The lowest BCUT2D eigenvalue weighted by Gasteiger charge is -2.16. The molecule has 0 amide bonds. The zero-order valence-corrected chi connectivity index (χ0v) is 31.3. The number of benzene rings is 6. The van der Waals surface area contributed by atoms with Gasteiger partial charge in [-0.3, -0.25) is 0 Å². The minimum atomic E-state index is -0.522. The standard InChI is InChI=1S/C45H42O12/c1-32(54-31-57-42-23-20-39(35-16-8-11-19-38(35)42)44(47)52-27-25-49-29-55-34-14-6-3-7-15-34)28-53-45(48)40-21-22-41(37-18-10-9-17-36(37)40)56-30-50-24-26-51-43(46)33-12-4-2-5-13-33/h2-23,32H,24-31H2,1H3. The fraction of sp³-hybridized carbons (Fsp3) is 0.222. The maximum atomic E-state index is 13.2. The first kappa shape index (κ1) is 40.2. The van der Waals surface area contributed by atoms with E-state index in [9.17, 15) is 14.4 Å². The van der Waals surface area contributed by atoms with Gasteiger partial charge in [0.2, 0.25) is 0 Å². The molecule has 0 N–H and O–H groups in total. The molecule has 0 saturated carbocycles. The number of fused-ring (bicyclic) bond motifs is 2. The third-order valence-electron chi connectivity index (χ3n) is 8.51. The second-order valence-corrected chi connectivity index (χ2v) is 12.4. The molecule has 12 nitrogen and oxygen atoms in total. The van der Waals surface area contributed by atoms with Gasteiger partial charge in [0.05, 0.1) is 36.0 Å². The zero-order chi connectivity index (χ0) is 39.7. The van der Waals surface area contributed by atoms with E-state index in [1.807, 2.05) is 84.9 Å². The summed E-state index contributed by atoms with van der Waals surface area (Å²) in [4.78, 5) is 38.2. The van der Waals surface area contributed by atoms with E-state index in [2.05, 4.69) is 0 Å². The van der Waals surface area contributed by atoms with E-state index in [-0.39, 0.29) is 53.4 Å². The van der Waals surface area contributed by atoms with E-state index < -0.39 is 24.0 Å². The molecule has 0 heterocycles. The molecular formula is C45H42O12. The molecule has 12 heteroatoms. The van der Waals surface area contributed by atoms with Crippen molar-refractivity contribution in [3.8, 4) is 17.2 Å². The molecule has 6 aromatic carbocycles. The second kappa shape index (κ2) is 21.0. The fourth-order valence-corrected chi connectivity index (χ4v) is 5.65. The van der Waals surface area contributed by atoms with Crippen LogP contribution in [0.3, 0.4) is 0 Å². The van der Waals surface area contributed by atoms with Crippen molar-refractivity contribution in [2.45, 2.75) is 13.0 Å². The summed E-state index contributed by atoms with van der Waals surface area (Å²) < 4.78 is 50.3. The van der Waals surface area contributed by atoms with Gasteiger partial charge < -0.3 is 42.6 Å². The molecule has 1 atom stereocenters. The van der Waals surface area contributed by atoms with Crippen LogP contribution in [0.4, 0.5) is 0 Å². The van der Waals surface area contributed by atoms with E-state index in [1.54, 1.807) is 55.5 Å². The van der Waals surface area contributed by atoms with Gasteiger partial charge in [0.25, 0.3) is 0 Å². The van der Waals surface area contributed by atoms with Gasteiger partial charge in [0.15, 0.2) is 20.4 Å². The van der Waals surface area contributed by atoms with Crippen LogP contribution in [0.15, 0.2) is 133 Å². The van der Waals surface area contributed by atoms with Crippen LogP contribution >= 0.6 is 0 Å².